The van der Waals surface area contributed by atoms with Crippen LogP contribution in [-0.2, 0) is 16.6 Å². The highest BCUT2D eigenvalue weighted by atomic mass is 32.2. The third-order valence-electron chi connectivity index (χ3n) is 4.34. The number of hydrogen-bond acceptors (Lipinski definition) is 5. The van der Waals surface area contributed by atoms with Crippen LogP contribution in [0.4, 0.5) is 5.82 Å². The average Bonchev–Trinajstić information content (AvgIpc) is 3.06. The Kier molecular flexibility index (Phi) is 4.53. The van der Waals surface area contributed by atoms with E-state index in [2.05, 4.69) is 4.98 Å². The maximum atomic E-state index is 12.8. The zero-order valence-corrected chi connectivity index (χ0v) is 16.2. The summed E-state index contributed by atoms with van der Waals surface area (Å²) in [5.41, 5.74) is 1.93. The van der Waals surface area contributed by atoms with Gasteiger partial charge in [-0.3, -0.25) is 9.36 Å². The van der Waals surface area contributed by atoms with Crippen molar-refractivity contribution in [2.24, 2.45) is 0 Å². The summed E-state index contributed by atoms with van der Waals surface area (Å²) in [4.78, 5) is 17.3. The van der Waals surface area contributed by atoms with Crippen molar-refractivity contribution in [3.8, 4) is 5.69 Å². The maximum absolute atomic E-state index is 12.8. The highest BCUT2D eigenvalue weighted by Gasteiger charge is 2.40. The van der Waals surface area contributed by atoms with Crippen molar-refractivity contribution >= 4 is 33.4 Å². The van der Waals surface area contributed by atoms with Crippen molar-refractivity contribution in [3.05, 3.63) is 71.9 Å². The predicted molar refractivity (Wildman–Crippen MR) is 106 cm³/mol. The van der Waals surface area contributed by atoms with Crippen molar-refractivity contribution in [1.29, 1.82) is 0 Å². The van der Waals surface area contributed by atoms with Crippen LogP contribution in [0, 0.1) is 0 Å². The maximum Gasteiger partial charge on any atom is 0.244 e. The summed E-state index contributed by atoms with van der Waals surface area (Å²) < 4.78 is 28.5. The van der Waals surface area contributed by atoms with E-state index in [0.29, 0.717) is 10.9 Å². The van der Waals surface area contributed by atoms with Gasteiger partial charge in [-0.1, -0.05) is 60.3 Å². The van der Waals surface area contributed by atoms with Gasteiger partial charge in [-0.05, 0) is 24.0 Å². The zero-order valence-electron chi connectivity index (χ0n) is 14.6. The summed E-state index contributed by atoms with van der Waals surface area (Å²) >= 11 is 1.37. The number of fused-ring (bicyclic) bond motifs is 1. The van der Waals surface area contributed by atoms with Crippen LogP contribution in [0.15, 0.2) is 65.8 Å². The van der Waals surface area contributed by atoms with Crippen molar-refractivity contribution in [2.45, 2.75) is 11.7 Å². The number of carbonyl (C=O) groups excluding carboxylic acids is 1. The molecular weight excluding hydrogens is 382 g/mol. The zero-order chi connectivity index (χ0) is 19.0. The van der Waals surface area contributed by atoms with Gasteiger partial charge in [-0.25, -0.2) is 17.7 Å². The number of sulfonamides is 1. The minimum absolute atomic E-state index is 0.142. The monoisotopic (exact) mass is 399 g/mol. The van der Waals surface area contributed by atoms with Crippen molar-refractivity contribution < 1.29 is 13.2 Å². The largest absolute Gasteiger partial charge is 0.291 e. The number of thioether (sulfide) groups is 1. The van der Waals surface area contributed by atoms with Crippen molar-refractivity contribution in [2.75, 3.05) is 16.3 Å². The Hall–Kier alpha value is -2.58. The second-order valence-corrected chi connectivity index (χ2v) is 8.78. The molecule has 0 saturated carbocycles. The van der Waals surface area contributed by atoms with Crippen LogP contribution in [0.1, 0.15) is 16.1 Å². The lowest BCUT2D eigenvalue weighted by Gasteiger charge is -2.27. The first-order valence-corrected chi connectivity index (χ1v) is 11.1. The Morgan fingerprint density at radius 2 is 1.67 bits per heavy atom. The van der Waals surface area contributed by atoms with E-state index >= 15 is 0 Å². The third-order valence-corrected chi connectivity index (χ3v) is 6.58. The molecule has 0 aliphatic carbocycles. The van der Waals surface area contributed by atoms with E-state index in [1.807, 2.05) is 66.9 Å². The molecule has 0 amide bonds. The molecule has 27 heavy (non-hydrogen) atoms. The fraction of sp³-hybridized carbons (Fsp3) is 0.158. The molecule has 1 aliphatic rings. The molecule has 2 heterocycles. The molecule has 3 aromatic rings. The van der Waals surface area contributed by atoms with Gasteiger partial charge < -0.3 is 0 Å². The average molecular weight is 399 g/mol. The number of rotatable bonds is 4. The van der Waals surface area contributed by atoms with Gasteiger partial charge in [0.25, 0.3) is 0 Å². The Labute approximate surface area is 161 Å². The van der Waals surface area contributed by atoms with Gasteiger partial charge in [-0.2, -0.15) is 0 Å². The molecule has 0 atom stereocenters. The molecule has 0 spiro atoms. The normalized spacial score (nSPS) is 15.6. The van der Waals surface area contributed by atoms with E-state index in [0.717, 1.165) is 11.3 Å². The van der Waals surface area contributed by atoms with Crippen LogP contribution in [0.2, 0.25) is 0 Å². The van der Waals surface area contributed by atoms with Crippen LogP contribution in [0.5, 0.6) is 0 Å². The van der Waals surface area contributed by atoms with E-state index in [9.17, 15) is 13.2 Å². The molecule has 4 rings (SSSR count). The molecule has 0 saturated heterocycles. The number of anilines is 1. The van der Waals surface area contributed by atoms with Gasteiger partial charge in [0.2, 0.25) is 10.0 Å². The summed E-state index contributed by atoms with van der Waals surface area (Å²) in [6, 6.07) is 18.7. The molecular formula is C19H17N3O3S2. The highest BCUT2D eigenvalue weighted by molar-refractivity contribution is 7.98. The second-order valence-electron chi connectivity index (χ2n) is 6.11. The minimum atomic E-state index is -3.78. The Morgan fingerprint density at radius 3 is 2.30 bits per heavy atom. The number of Topliss-reactive ketones (excluding diaryl/α,β-unsaturated/α-hetero) is 1. The van der Waals surface area contributed by atoms with Gasteiger partial charge in [0, 0.05) is 5.69 Å². The first kappa shape index (κ1) is 17.8. The minimum Gasteiger partial charge on any atom is -0.291 e. The molecule has 1 aliphatic heterocycles. The fourth-order valence-electron chi connectivity index (χ4n) is 3.13. The van der Waals surface area contributed by atoms with Crippen LogP contribution in [0.3, 0.4) is 0 Å². The van der Waals surface area contributed by atoms with Crippen LogP contribution in [-0.4, -0.2) is 35.8 Å². The Bertz CT molecular complexity index is 1090. The lowest BCUT2D eigenvalue weighted by atomic mass is 10.2. The summed E-state index contributed by atoms with van der Waals surface area (Å²) in [5.74, 6) is -0.798. The fourth-order valence-corrected chi connectivity index (χ4v) is 5.05. The van der Waals surface area contributed by atoms with Gasteiger partial charge in [0.1, 0.15) is 11.4 Å². The molecule has 0 fully saturated rings. The van der Waals surface area contributed by atoms with Gasteiger partial charge >= 0.3 is 0 Å². The van der Waals surface area contributed by atoms with E-state index in [-0.39, 0.29) is 12.4 Å². The summed E-state index contributed by atoms with van der Waals surface area (Å²) in [6.45, 7) is 0.142. The molecule has 0 N–H and O–H groups in total. The molecule has 0 unspecified atom stereocenters. The first-order valence-electron chi connectivity index (χ1n) is 8.31. The number of nitrogens with zero attached hydrogens (tertiary/aromatic N) is 3. The molecule has 8 heteroatoms. The number of imidazole rings is 1. The smallest absolute Gasteiger partial charge is 0.244 e. The molecule has 6 nitrogen and oxygen atoms in total. The SMILES string of the molecule is CSc1nc2c(n1-c1ccccc1)C(=O)CS(=O)(=O)N2Cc1ccccc1. The van der Waals surface area contributed by atoms with Crippen LogP contribution in [0.25, 0.3) is 5.69 Å². The van der Waals surface area contributed by atoms with Gasteiger partial charge in [-0.15, -0.1) is 0 Å². The van der Waals surface area contributed by atoms with Gasteiger partial charge in [0.15, 0.2) is 16.8 Å². The number of ketones is 1. The summed E-state index contributed by atoms with van der Waals surface area (Å²) in [5, 5.41) is 0.578. The Balaban J connectivity index is 1.91. The summed E-state index contributed by atoms with van der Waals surface area (Å²) in [6.07, 6.45) is 1.85. The van der Waals surface area contributed by atoms with Crippen molar-refractivity contribution in [3.63, 3.8) is 0 Å². The second kappa shape index (κ2) is 6.86. The lowest BCUT2D eigenvalue weighted by Crippen LogP contribution is -2.41. The number of para-hydroxylation sites is 1. The topological polar surface area (TPSA) is 72.3 Å². The molecule has 1 aromatic heterocycles. The van der Waals surface area contributed by atoms with Crippen LogP contribution >= 0.6 is 11.8 Å². The van der Waals surface area contributed by atoms with E-state index in [1.54, 1.807) is 4.57 Å². The van der Waals surface area contributed by atoms with Crippen LogP contribution < -0.4 is 4.31 Å². The van der Waals surface area contributed by atoms with Crippen molar-refractivity contribution in [1.82, 2.24) is 9.55 Å². The number of carbonyl (C=O) groups is 1. The first-order chi connectivity index (χ1) is 13.0. The van der Waals surface area contributed by atoms with E-state index in [4.69, 9.17) is 0 Å². The summed E-state index contributed by atoms with van der Waals surface area (Å²) in [7, 11) is -3.78. The standard InChI is InChI=1S/C19H17N3O3S2/c1-26-19-20-18-17(22(19)15-10-6-3-7-11-15)16(23)13-27(24,25)21(18)12-14-8-4-2-5-9-14/h2-11H,12-13H2,1H3. The number of benzene rings is 2. The molecule has 2 aromatic carbocycles. The number of hydrogen-bond donors (Lipinski definition) is 0. The van der Waals surface area contributed by atoms with Gasteiger partial charge in [0.05, 0.1) is 6.54 Å². The van der Waals surface area contributed by atoms with E-state index < -0.39 is 21.6 Å². The molecule has 0 bridgehead atoms. The molecule has 0 radical (unpaired) electrons. The number of aromatic nitrogens is 2. The lowest BCUT2D eigenvalue weighted by molar-refractivity contribution is 0.101. The highest BCUT2D eigenvalue weighted by Crippen LogP contribution is 2.35. The predicted octanol–water partition coefficient (Wildman–Crippen LogP) is 3.13. The molecule has 138 valence electrons. The quantitative estimate of drug-likeness (QED) is 0.630. The Morgan fingerprint density at radius 1 is 1.04 bits per heavy atom. The van der Waals surface area contributed by atoms with E-state index in [1.165, 1.54) is 16.1 Å². The third kappa shape index (κ3) is 3.15.